The largest absolute Gasteiger partial charge is 0.376 e. The number of ether oxygens (including phenoxy) is 1. The summed E-state index contributed by atoms with van der Waals surface area (Å²) >= 11 is 0. The Morgan fingerprint density at radius 1 is 0.957 bits per heavy atom. The summed E-state index contributed by atoms with van der Waals surface area (Å²) in [5.74, 6) is -2.43. The molecule has 2 aliphatic rings. The normalized spacial score (nSPS) is 25.2. The van der Waals surface area contributed by atoms with Crippen LogP contribution in [0, 0.1) is 23.4 Å². The van der Waals surface area contributed by atoms with Crippen molar-refractivity contribution < 1.29 is 31.1 Å². The van der Waals surface area contributed by atoms with Gasteiger partial charge in [0.25, 0.3) is 0 Å². The Kier molecular flexibility index (Phi) is 11.1. The molecule has 0 aromatic heterocycles. The third kappa shape index (κ3) is 8.06. The first-order valence-electron chi connectivity index (χ1n) is 16.1. The molecule has 0 aliphatic carbocycles. The van der Waals surface area contributed by atoms with E-state index in [0.29, 0.717) is 25.9 Å². The quantitative estimate of drug-likeness (QED) is 0.268. The fourth-order valence-electron chi connectivity index (χ4n) is 7.22. The van der Waals surface area contributed by atoms with Gasteiger partial charge in [-0.15, -0.1) is 0 Å². The van der Waals surface area contributed by atoms with E-state index >= 15 is 4.39 Å². The van der Waals surface area contributed by atoms with E-state index in [2.05, 4.69) is 10.6 Å². The van der Waals surface area contributed by atoms with Crippen LogP contribution in [-0.2, 0) is 26.0 Å². The van der Waals surface area contributed by atoms with Crippen LogP contribution in [0.25, 0.3) is 0 Å². The maximum absolute atomic E-state index is 15.4. The van der Waals surface area contributed by atoms with Gasteiger partial charge in [0, 0.05) is 42.3 Å². The number of amides is 1. The van der Waals surface area contributed by atoms with Crippen LogP contribution in [0.15, 0.2) is 71.6 Å². The van der Waals surface area contributed by atoms with E-state index in [4.69, 9.17) is 10.5 Å². The number of halogens is 3. The van der Waals surface area contributed by atoms with Gasteiger partial charge in [-0.1, -0.05) is 18.2 Å². The van der Waals surface area contributed by atoms with Gasteiger partial charge in [-0.3, -0.25) is 4.79 Å². The average Bonchev–Trinajstić information content (AvgIpc) is 3.01. The minimum absolute atomic E-state index is 0.0122. The smallest absolute Gasteiger partial charge is 0.243 e. The van der Waals surface area contributed by atoms with Crippen LogP contribution in [0.2, 0.25) is 0 Å². The van der Waals surface area contributed by atoms with Crippen LogP contribution in [0.5, 0.6) is 0 Å². The lowest BCUT2D eigenvalue weighted by molar-refractivity contribution is -0.119. The second kappa shape index (κ2) is 14.9. The van der Waals surface area contributed by atoms with Gasteiger partial charge in [-0.2, -0.15) is 4.31 Å². The molecule has 5 rings (SSSR count). The number of hydrogen-bond acceptors (Lipinski definition) is 6. The van der Waals surface area contributed by atoms with Crippen LogP contribution in [0.4, 0.5) is 18.9 Å². The summed E-state index contributed by atoms with van der Waals surface area (Å²) in [4.78, 5) is 13.8. The van der Waals surface area contributed by atoms with Crippen LogP contribution in [-0.4, -0.2) is 62.1 Å². The SMILES string of the molecule is CC1CC([C@H](c2ccc(F)cc2)[C@H](N)C(=O)Nc2cccc(F)c2CC[C@H]2CNC[C@H](C)N2S(=O)(=O)c2ccc(F)cc2)C[C@H](C)O1. The Balaban J connectivity index is 1.36. The summed E-state index contributed by atoms with van der Waals surface area (Å²) in [5, 5.41) is 6.10. The van der Waals surface area contributed by atoms with Gasteiger partial charge in [-0.05, 0) is 106 Å². The van der Waals surface area contributed by atoms with Gasteiger partial charge in [0.15, 0.2) is 0 Å². The van der Waals surface area contributed by atoms with Gasteiger partial charge in [0.1, 0.15) is 17.5 Å². The van der Waals surface area contributed by atoms with E-state index in [1.165, 1.54) is 40.7 Å². The molecule has 4 N–H and O–H groups in total. The lowest BCUT2D eigenvalue weighted by atomic mass is 9.74. The number of nitrogens with zero attached hydrogens (tertiary/aromatic N) is 1. The molecule has 0 bridgehead atoms. The van der Waals surface area contributed by atoms with Crippen molar-refractivity contribution in [1.82, 2.24) is 9.62 Å². The number of nitrogens with one attached hydrogen (secondary N) is 2. The average molecular weight is 673 g/mol. The van der Waals surface area contributed by atoms with Crippen molar-refractivity contribution in [2.75, 3.05) is 18.4 Å². The van der Waals surface area contributed by atoms with Gasteiger partial charge in [0.2, 0.25) is 15.9 Å². The highest BCUT2D eigenvalue weighted by molar-refractivity contribution is 7.89. The first-order chi connectivity index (χ1) is 22.3. The molecule has 3 aromatic carbocycles. The Hall–Kier alpha value is -3.29. The Labute approximate surface area is 274 Å². The predicted molar refractivity (Wildman–Crippen MR) is 175 cm³/mol. The number of piperazine rings is 1. The van der Waals surface area contributed by atoms with E-state index < -0.39 is 57.4 Å². The predicted octanol–water partition coefficient (Wildman–Crippen LogP) is 5.34. The zero-order valence-electron chi connectivity index (χ0n) is 26.8. The van der Waals surface area contributed by atoms with Crippen molar-refractivity contribution in [3.63, 3.8) is 0 Å². The van der Waals surface area contributed by atoms with E-state index in [9.17, 15) is 22.0 Å². The number of carbonyl (C=O) groups excluding carboxylic acids is 1. The fraction of sp³-hybridized carbons (Fsp3) is 0.457. The van der Waals surface area contributed by atoms with Crippen molar-refractivity contribution in [3.05, 3.63) is 95.3 Å². The van der Waals surface area contributed by atoms with Crippen molar-refractivity contribution in [1.29, 1.82) is 0 Å². The van der Waals surface area contributed by atoms with Crippen LogP contribution < -0.4 is 16.4 Å². The highest BCUT2D eigenvalue weighted by Crippen LogP contribution is 2.39. The zero-order chi connectivity index (χ0) is 33.9. The van der Waals surface area contributed by atoms with E-state index in [1.54, 1.807) is 25.1 Å². The third-order valence-corrected chi connectivity index (χ3v) is 11.4. The standard InChI is InChI=1S/C35H43F3N4O4S/c1-21-19-40-20-28(42(21)47(44,45)29-14-11-27(37)12-15-29)13-16-30-31(38)5-4-6-32(30)41-35(43)34(39)33(24-7-9-26(36)10-8-24)25-17-22(2)46-23(3)18-25/h4-12,14-15,21-23,25,28,33-34,40H,13,16-20,39H2,1-3H3,(H,41,43)/t21-,22-,23?,25?,28-,33-,34-/m0/s1. The minimum Gasteiger partial charge on any atom is -0.376 e. The van der Waals surface area contributed by atoms with Crippen molar-refractivity contribution in [2.45, 2.75) is 87.6 Å². The molecule has 254 valence electrons. The summed E-state index contributed by atoms with van der Waals surface area (Å²) < 4.78 is 77.4. The fourth-order valence-corrected chi connectivity index (χ4v) is 9.06. The molecule has 7 atom stereocenters. The Morgan fingerprint density at radius 2 is 1.57 bits per heavy atom. The second-order valence-corrected chi connectivity index (χ2v) is 14.7. The van der Waals surface area contributed by atoms with Gasteiger partial charge < -0.3 is 21.1 Å². The minimum atomic E-state index is -3.98. The molecule has 2 fully saturated rings. The molecule has 0 saturated carbocycles. The number of sulfonamides is 1. The Morgan fingerprint density at radius 3 is 2.21 bits per heavy atom. The van der Waals surface area contributed by atoms with Gasteiger partial charge >= 0.3 is 0 Å². The lowest BCUT2D eigenvalue weighted by Crippen LogP contribution is -2.58. The van der Waals surface area contributed by atoms with Crippen molar-refractivity contribution >= 4 is 21.6 Å². The summed E-state index contributed by atoms with van der Waals surface area (Å²) in [6.07, 6.45) is 1.64. The van der Waals surface area contributed by atoms with Crippen molar-refractivity contribution in [3.8, 4) is 0 Å². The molecule has 2 aliphatic heterocycles. The molecule has 0 radical (unpaired) electrons. The molecule has 0 spiro atoms. The number of benzene rings is 3. The molecule has 2 heterocycles. The topological polar surface area (TPSA) is 114 Å². The summed E-state index contributed by atoms with van der Waals surface area (Å²) in [5.41, 5.74) is 7.90. The van der Waals surface area contributed by atoms with Gasteiger partial charge in [-0.25, -0.2) is 21.6 Å². The molecular formula is C35H43F3N4O4S. The van der Waals surface area contributed by atoms with Crippen LogP contribution in [0.1, 0.15) is 57.1 Å². The maximum atomic E-state index is 15.4. The second-order valence-electron chi connectivity index (χ2n) is 12.8. The molecule has 8 nitrogen and oxygen atoms in total. The molecule has 3 aromatic rings. The summed E-state index contributed by atoms with van der Waals surface area (Å²) in [7, 11) is -3.98. The molecule has 12 heteroatoms. The third-order valence-electron chi connectivity index (χ3n) is 9.29. The highest BCUT2D eigenvalue weighted by Gasteiger charge is 2.39. The number of nitrogens with two attached hydrogens (primary N) is 1. The lowest BCUT2D eigenvalue weighted by Gasteiger charge is -2.40. The molecular weight excluding hydrogens is 629 g/mol. The highest BCUT2D eigenvalue weighted by atomic mass is 32.2. The summed E-state index contributed by atoms with van der Waals surface area (Å²) in [6, 6.07) is 13.1. The van der Waals surface area contributed by atoms with Crippen LogP contribution in [0.3, 0.4) is 0 Å². The maximum Gasteiger partial charge on any atom is 0.243 e. The molecule has 2 saturated heterocycles. The molecule has 2 unspecified atom stereocenters. The van der Waals surface area contributed by atoms with E-state index in [-0.39, 0.29) is 47.1 Å². The first-order valence-corrected chi connectivity index (χ1v) is 17.5. The monoisotopic (exact) mass is 672 g/mol. The number of anilines is 1. The number of rotatable bonds is 10. The Bertz CT molecular complexity index is 1630. The zero-order valence-corrected chi connectivity index (χ0v) is 27.7. The molecule has 47 heavy (non-hydrogen) atoms. The molecule has 1 amide bonds. The van der Waals surface area contributed by atoms with Gasteiger partial charge in [0.05, 0.1) is 23.1 Å². The van der Waals surface area contributed by atoms with E-state index in [1.807, 2.05) is 13.8 Å². The van der Waals surface area contributed by atoms with E-state index in [0.717, 1.165) is 17.7 Å². The first kappa shape index (κ1) is 35.0. The number of hydrogen-bond donors (Lipinski definition) is 3. The van der Waals surface area contributed by atoms with Crippen LogP contribution >= 0.6 is 0 Å². The number of carbonyl (C=O) groups is 1. The van der Waals surface area contributed by atoms with Crippen molar-refractivity contribution in [2.24, 2.45) is 11.7 Å². The summed E-state index contributed by atoms with van der Waals surface area (Å²) in [6.45, 7) is 6.50.